The van der Waals surface area contributed by atoms with Gasteiger partial charge in [0.25, 0.3) is 0 Å². The highest BCUT2D eigenvalue weighted by Gasteiger charge is 2.17. The maximum atomic E-state index is 5.84. The molecule has 0 aromatic carbocycles. The summed E-state index contributed by atoms with van der Waals surface area (Å²) >= 11 is 0. The minimum Gasteiger partial charge on any atom is -0.380 e. The Hall–Kier alpha value is -0.120. The number of methoxy groups -OCH3 is 1. The van der Waals surface area contributed by atoms with Gasteiger partial charge in [0.2, 0.25) is 0 Å². The Balaban J connectivity index is 3.51. The van der Waals surface area contributed by atoms with E-state index in [1.807, 2.05) is 6.92 Å². The predicted molar refractivity (Wildman–Crippen MR) is 54.8 cm³/mol. The van der Waals surface area contributed by atoms with E-state index in [9.17, 15) is 0 Å². The molecule has 0 saturated carbocycles. The molecule has 1 atom stereocenters. The summed E-state index contributed by atoms with van der Waals surface area (Å²) in [4.78, 5) is 0. The third-order valence-electron chi connectivity index (χ3n) is 2.21. The molecule has 3 nitrogen and oxygen atoms in total. The Morgan fingerprint density at radius 1 is 1.38 bits per heavy atom. The molecule has 0 aliphatic rings. The molecule has 0 aliphatic heterocycles. The summed E-state index contributed by atoms with van der Waals surface area (Å²) in [6, 6.07) is 0.134. The second kappa shape index (κ2) is 6.35. The van der Waals surface area contributed by atoms with Crippen molar-refractivity contribution in [1.82, 2.24) is 0 Å². The third-order valence-corrected chi connectivity index (χ3v) is 2.21. The fraction of sp³-hybridized carbons (Fsp3) is 1.00. The van der Waals surface area contributed by atoms with Gasteiger partial charge in [0.1, 0.15) is 0 Å². The molecule has 0 rings (SSSR count). The topological polar surface area (TPSA) is 44.5 Å². The molecule has 0 bridgehead atoms. The number of ether oxygens (including phenoxy) is 2. The molecule has 0 spiro atoms. The van der Waals surface area contributed by atoms with E-state index in [0.29, 0.717) is 6.61 Å². The van der Waals surface area contributed by atoms with Crippen molar-refractivity contribution in [2.75, 3.05) is 20.3 Å². The van der Waals surface area contributed by atoms with Crippen LogP contribution in [-0.4, -0.2) is 32.0 Å². The largest absolute Gasteiger partial charge is 0.380 e. The highest BCUT2D eigenvalue weighted by molar-refractivity contribution is 4.71. The molecule has 2 N–H and O–H groups in total. The molecule has 13 heavy (non-hydrogen) atoms. The van der Waals surface area contributed by atoms with Gasteiger partial charge in [-0.05, 0) is 33.6 Å². The molecule has 0 saturated heterocycles. The van der Waals surface area contributed by atoms with Crippen molar-refractivity contribution in [3.8, 4) is 0 Å². The highest BCUT2D eigenvalue weighted by Crippen LogP contribution is 2.16. The van der Waals surface area contributed by atoms with Crippen molar-refractivity contribution < 1.29 is 9.47 Å². The Bertz CT molecular complexity index is 126. The molecule has 80 valence electrons. The third kappa shape index (κ3) is 6.99. The van der Waals surface area contributed by atoms with Gasteiger partial charge in [0, 0.05) is 19.8 Å². The van der Waals surface area contributed by atoms with Crippen molar-refractivity contribution in [2.24, 2.45) is 5.73 Å². The van der Waals surface area contributed by atoms with E-state index in [0.717, 1.165) is 19.4 Å². The van der Waals surface area contributed by atoms with Crippen LogP contribution in [0.3, 0.4) is 0 Å². The minimum absolute atomic E-state index is 0.0656. The Labute approximate surface area is 81.6 Å². The average molecular weight is 189 g/mol. The Morgan fingerprint density at radius 2 is 2.00 bits per heavy atom. The molecule has 0 radical (unpaired) electrons. The molecular weight excluding hydrogens is 166 g/mol. The first-order valence-corrected chi connectivity index (χ1v) is 4.90. The van der Waals surface area contributed by atoms with Crippen molar-refractivity contribution in [1.29, 1.82) is 0 Å². The lowest BCUT2D eigenvalue weighted by Gasteiger charge is -2.24. The first-order valence-electron chi connectivity index (χ1n) is 4.90. The molecule has 0 aliphatic carbocycles. The molecular formula is C10H23NO2. The summed E-state index contributed by atoms with van der Waals surface area (Å²) in [5, 5.41) is 0. The van der Waals surface area contributed by atoms with Crippen LogP contribution < -0.4 is 5.73 Å². The van der Waals surface area contributed by atoms with Crippen LogP contribution in [0.4, 0.5) is 0 Å². The predicted octanol–water partition coefficient (Wildman–Crippen LogP) is 1.56. The molecule has 3 heteroatoms. The van der Waals surface area contributed by atoms with E-state index >= 15 is 0 Å². The van der Waals surface area contributed by atoms with E-state index in [1.165, 1.54) is 0 Å². The van der Waals surface area contributed by atoms with Crippen LogP contribution in [0.1, 0.15) is 33.6 Å². The molecule has 0 aromatic rings. The van der Waals surface area contributed by atoms with Gasteiger partial charge in [-0.1, -0.05) is 0 Å². The second-order valence-corrected chi connectivity index (χ2v) is 3.92. The number of rotatable bonds is 7. The van der Waals surface area contributed by atoms with Crippen LogP contribution in [0.2, 0.25) is 0 Å². The molecule has 0 amide bonds. The maximum Gasteiger partial charge on any atom is 0.0623 e. The standard InChI is InChI=1S/C10H23NO2/c1-5-13-8-9(11)6-7-10(2,3)12-4/h9H,5-8,11H2,1-4H3. The van der Waals surface area contributed by atoms with Gasteiger partial charge in [-0.25, -0.2) is 0 Å². The summed E-state index contributed by atoms with van der Waals surface area (Å²) in [5.74, 6) is 0. The fourth-order valence-corrected chi connectivity index (χ4v) is 0.988. The van der Waals surface area contributed by atoms with Crippen LogP contribution in [-0.2, 0) is 9.47 Å². The second-order valence-electron chi connectivity index (χ2n) is 3.92. The van der Waals surface area contributed by atoms with Gasteiger partial charge in [-0.2, -0.15) is 0 Å². The van der Waals surface area contributed by atoms with Crippen molar-refractivity contribution in [3.63, 3.8) is 0 Å². The molecule has 1 unspecified atom stereocenters. The van der Waals surface area contributed by atoms with Gasteiger partial charge < -0.3 is 15.2 Å². The van der Waals surface area contributed by atoms with E-state index < -0.39 is 0 Å². The molecule has 0 aromatic heterocycles. The average Bonchev–Trinajstić information content (AvgIpc) is 2.11. The Kier molecular flexibility index (Phi) is 6.29. The zero-order chi connectivity index (χ0) is 10.3. The van der Waals surface area contributed by atoms with Crippen molar-refractivity contribution in [3.05, 3.63) is 0 Å². The fourth-order valence-electron chi connectivity index (χ4n) is 0.988. The van der Waals surface area contributed by atoms with Crippen molar-refractivity contribution in [2.45, 2.75) is 45.3 Å². The zero-order valence-electron chi connectivity index (χ0n) is 9.30. The molecule has 0 fully saturated rings. The lowest BCUT2D eigenvalue weighted by Crippen LogP contribution is -2.31. The van der Waals surface area contributed by atoms with Crippen LogP contribution in [0.25, 0.3) is 0 Å². The normalized spacial score (nSPS) is 14.5. The van der Waals surface area contributed by atoms with Gasteiger partial charge in [0.05, 0.1) is 12.2 Å². The lowest BCUT2D eigenvalue weighted by molar-refractivity contribution is 0.00991. The number of hydrogen-bond donors (Lipinski definition) is 1. The van der Waals surface area contributed by atoms with Crippen LogP contribution in [0, 0.1) is 0 Å². The van der Waals surface area contributed by atoms with E-state index in [2.05, 4.69) is 13.8 Å². The summed E-state index contributed by atoms with van der Waals surface area (Å²) in [6.07, 6.45) is 1.92. The Morgan fingerprint density at radius 3 is 2.46 bits per heavy atom. The first-order chi connectivity index (χ1) is 6.02. The summed E-state index contributed by atoms with van der Waals surface area (Å²) in [5.41, 5.74) is 5.78. The van der Waals surface area contributed by atoms with Gasteiger partial charge >= 0.3 is 0 Å². The van der Waals surface area contributed by atoms with Crippen LogP contribution in [0.15, 0.2) is 0 Å². The van der Waals surface area contributed by atoms with Gasteiger partial charge in [0.15, 0.2) is 0 Å². The minimum atomic E-state index is -0.0656. The van der Waals surface area contributed by atoms with E-state index in [1.54, 1.807) is 7.11 Å². The van der Waals surface area contributed by atoms with E-state index in [4.69, 9.17) is 15.2 Å². The number of hydrogen-bond acceptors (Lipinski definition) is 3. The van der Waals surface area contributed by atoms with Crippen LogP contribution >= 0.6 is 0 Å². The monoisotopic (exact) mass is 189 g/mol. The smallest absolute Gasteiger partial charge is 0.0623 e. The van der Waals surface area contributed by atoms with Crippen molar-refractivity contribution >= 4 is 0 Å². The van der Waals surface area contributed by atoms with E-state index in [-0.39, 0.29) is 11.6 Å². The summed E-state index contributed by atoms with van der Waals surface area (Å²) in [6.45, 7) is 7.50. The first kappa shape index (κ1) is 12.9. The molecule has 0 heterocycles. The van der Waals surface area contributed by atoms with Gasteiger partial charge in [-0.3, -0.25) is 0 Å². The SMILES string of the molecule is CCOCC(N)CCC(C)(C)OC. The maximum absolute atomic E-state index is 5.84. The zero-order valence-corrected chi connectivity index (χ0v) is 9.30. The lowest BCUT2D eigenvalue weighted by atomic mass is 9.99. The summed E-state index contributed by atoms with van der Waals surface area (Å²) < 4.78 is 10.5. The highest BCUT2D eigenvalue weighted by atomic mass is 16.5. The number of nitrogens with two attached hydrogens (primary N) is 1. The quantitative estimate of drug-likeness (QED) is 0.661. The van der Waals surface area contributed by atoms with Gasteiger partial charge in [-0.15, -0.1) is 0 Å². The summed E-state index contributed by atoms with van der Waals surface area (Å²) in [7, 11) is 1.73. The van der Waals surface area contributed by atoms with Crippen LogP contribution in [0.5, 0.6) is 0 Å².